The standard InChI is InChI=1S/C27H24I3NO4/c1-2-3-4-5-6-7-9-16-12-13-19-22-17(16)10-8-11-18(22)25(32)31(26(19)33)35-27(34)23-20(28)14-15-21(29)24(23)30/h8,10-15H,2-7,9H2,1H3. The molecule has 0 fully saturated rings. The first-order chi connectivity index (χ1) is 16.8. The molecule has 0 unspecified atom stereocenters. The van der Waals surface area contributed by atoms with Gasteiger partial charge in [-0.25, -0.2) is 4.79 Å². The number of hydrogen-bond acceptors (Lipinski definition) is 4. The van der Waals surface area contributed by atoms with Gasteiger partial charge in [0.1, 0.15) is 0 Å². The number of aryl methyl sites for hydroxylation is 1. The van der Waals surface area contributed by atoms with Crippen molar-refractivity contribution in [3.05, 3.63) is 75.4 Å². The maximum Gasteiger partial charge on any atom is 0.366 e. The molecule has 0 bridgehead atoms. The van der Waals surface area contributed by atoms with Crippen LogP contribution in [-0.4, -0.2) is 22.8 Å². The zero-order valence-corrected chi connectivity index (χ0v) is 25.7. The van der Waals surface area contributed by atoms with Gasteiger partial charge < -0.3 is 4.84 Å². The van der Waals surface area contributed by atoms with E-state index in [1.807, 2.05) is 30.3 Å². The van der Waals surface area contributed by atoms with Crippen molar-refractivity contribution in [2.45, 2.75) is 51.9 Å². The van der Waals surface area contributed by atoms with Crippen LogP contribution in [0.1, 0.15) is 82.1 Å². The van der Waals surface area contributed by atoms with E-state index in [4.69, 9.17) is 4.84 Å². The molecule has 2 amide bonds. The topological polar surface area (TPSA) is 63.7 Å². The molecule has 0 aliphatic carbocycles. The van der Waals surface area contributed by atoms with Crippen molar-refractivity contribution in [2.24, 2.45) is 0 Å². The van der Waals surface area contributed by atoms with Gasteiger partial charge in [0.15, 0.2) is 0 Å². The summed E-state index contributed by atoms with van der Waals surface area (Å²) in [5.74, 6) is -1.96. The molecule has 35 heavy (non-hydrogen) atoms. The molecule has 0 N–H and O–H groups in total. The number of imide groups is 1. The van der Waals surface area contributed by atoms with Gasteiger partial charge in [-0.1, -0.05) is 62.3 Å². The lowest BCUT2D eigenvalue weighted by molar-refractivity contribution is -0.0622. The van der Waals surface area contributed by atoms with Crippen LogP contribution < -0.4 is 0 Å². The molecular weight excluding hydrogens is 783 g/mol. The molecule has 4 rings (SSSR count). The minimum absolute atomic E-state index is 0.344. The van der Waals surface area contributed by atoms with E-state index in [0.29, 0.717) is 30.7 Å². The third-order valence-corrected chi connectivity index (χ3v) is 10.1. The maximum absolute atomic E-state index is 13.3. The van der Waals surface area contributed by atoms with Crippen LogP contribution in [0.2, 0.25) is 0 Å². The van der Waals surface area contributed by atoms with Gasteiger partial charge in [0.2, 0.25) is 0 Å². The highest BCUT2D eigenvalue weighted by molar-refractivity contribution is 14.1. The van der Waals surface area contributed by atoms with Crippen LogP contribution >= 0.6 is 67.8 Å². The fourth-order valence-electron chi connectivity index (χ4n) is 4.37. The molecular formula is C27H24I3NO4. The number of benzene rings is 3. The van der Waals surface area contributed by atoms with Crippen LogP contribution in [0.15, 0.2) is 42.5 Å². The number of unbranched alkanes of at least 4 members (excludes halogenated alkanes) is 5. The van der Waals surface area contributed by atoms with E-state index in [9.17, 15) is 14.4 Å². The Morgan fingerprint density at radius 1 is 0.829 bits per heavy atom. The zero-order valence-electron chi connectivity index (χ0n) is 19.2. The van der Waals surface area contributed by atoms with Crippen LogP contribution in [0.5, 0.6) is 0 Å². The first-order valence-corrected chi connectivity index (χ1v) is 14.9. The quantitative estimate of drug-likeness (QED) is 0.0955. The predicted octanol–water partition coefficient (Wildman–Crippen LogP) is 7.92. The van der Waals surface area contributed by atoms with Gasteiger partial charge in [0.05, 0.1) is 16.7 Å². The van der Waals surface area contributed by atoms with Crippen LogP contribution in [0, 0.1) is 10.7 Å². The van der Waals surface area contributed by atoms with E-state index in [-0.39, 0.29) is 0 Å². The molecule has 1 aliphatic rings. The summed E-state index contributed by atoms with van der Waals surface area (Å²) in [6.45, 7) is 2.21. The van der Waals surface area contributed by atoms with Crippen molar-refractivity contribution >= 4 is 96.3 Å². The second-order valence-corrected chi connectivity index (χ2v) is 11.9. The summed E-state index contributed by atoms with van der Waals surface area (Å²) in [6.07, 6.45) is 8.13. The van der Waals surface area contributed by atoms with Gasteiger partial charge in [0.25, 0.3) is 11.8 Å². The molecule has 0 saturated carbocycles. The van der Waals surface area contributed by atoms with Crippen molar-refractivity contribution in [1.82, 2.24) is 5.06 Å². The summed E-state index contributed by atoms with van der Waals surface area (Å²) in [5.41, 5.74) is 2.23. The fourth-order valence-corrected chi connectivity index (χ4v) is 6.70. The van der Waals surface area contributed by atoms with Gasteiger partial charge in [-0.15, -0.1) is 0 Å². The highest BCUT2D eigenvalue weighted by Gasteiger charge is 2.37. The number of carbonyl (C=O) groups is 3. The Balaban J connectivity index is 1.60. The third-order valence-electron chi connectivity index (χ3n) is 6.18. The monoisotopic (exact) mass is 807 g/mol. The summed E-state index contributed by atoms with van der Waals surface area (Å²) in [5, 5.41) is 2.18. The van der Waals surface area contributed by atoms with Crippen molar-refractivity contribution in [3.8, 4) is 0 Å². The van der Waals surface area contributed by atoms with Gasteiger partial charge >= 0.3 is 5.97 Å². The molecule has 3 aromatic rings. The number of halogens is 3. The Bertz CT molecular complexity index is 1300. The van der Waals surface area contributed by atoms with Crippen molar-refractivity contribution in [3.63, 3.8) is 0 Å². The largest absolute Gasteiger partial charge is 0.366 e. The average molecular weight is 807 g/mol. The first-order valence-electron chi connectivity index (χ1n) is 11.6. The second kappa shape index (κ2) is 11.8. The summed E-state index contributed by atoms with van der Waals surface area (Å²) >= 11 is 6.27. The molecule has 8 heteroatoms. The van der Waals surface area contributed by atoms with Gasteiger partial charge in [0, 0.05) is 16.1 Å². The third kappa shape index (κ3) is 5.53. The molecule has 0 aromatic heterocycles. The van der Waals surface area contributed by atoms with Crippen LogP contribution in [0.25, 0.3) is 10.8 Å². The van der Waals surface area contributed by atoms with E-state index in [2.05, 4.69) is 74.7 Å². The van der Waals surface area contributed by atoms with E-state index in [0.717, 1.165) is 30.9 Å². The van der Waals surface area contributed by atoms with Crippen LogP contribution in [0.3, 0.4) is 0 Å². The minimum atomic E-state index is -0.727. The number of carbonyl (C=O) groups excluding carboxylic acids is 3. The number of hydrogen-bond donors (Lipinski definition) is 0. The highest BCUT2D eigenvalue weighted by atomic mass is 127. The smallest absolute Gasteiger partial charge is 0.324 e. The summed E-state index contributed by atoms with van der Waals surface area (Å²) in [7, 11) is 0. The lowest BCUT2D eigenvalue weighted by Gasteiger charge is -2.26. The molecule has 0 atom stereocenters. The SMILES string of the molecule is CCCCCCCCc1ccc2c3c(cccc13)C(=O)N(OC(=O)c1c(I)ccc(I)c1I)C2=O. The van der Waals surface area contributed by atoms with E-state index in [1.165, 1.54) is 32.1 Å². The molecule has 0 spiro atoms. The van der Waals surface area contributed by atoms with E-state index in [1.54, 1.807) is 12.1 Å². The van der Waals surface area contributed by atoms with Gasteiger partial charge in [-0.3, -0.25) is 9.59 Å². The summed E-state index contributed by atoms with van der Waals surface area (Å²) in [4.78, 5) is 45.1. The molecule has 5 nitrogen and oxygen atoms in total. The second-order valence-electron chi connectivity index (χ2n) is 8.52. The predicted molar refractivity (Wildman–Crippen MR) is 162 cm³/mol. The van der Waals surface area contributed by atoms with Crippen molar-refractivity contribution < 1.29 is 19.2 Å². The Morgan fingerprint density at radius 3 is 2.23 bits per heavy atom. The Labute approximate surface area is 245 Å². The Morgan fingerprint density at radius 2 is 1.49 bits per heavy atom. The summed E-state index contributed by atoms with van der Waals surface area (Å²) in [6, 6.07) is 12.9. The number of amides is 2. The van der Waals surface area contributed by atoms with Crippen LogP contribution in [0.4, 0.5) is 0 Å². The number of nitrogens with zero attached hydrogens (tertiary/aromatic N) is 1. The molecule has 3 aromatic carbocycles. The van der Waals surface area contributed by atoms with E-state index >= 15 is 0 Å². The van der Waals surface area contributed by atoms with Crippen LogP contribution in [-0.2, 0) is 11.3 Å². The average Bonchev–Trinajstić information content (AvgIpc) is 2.85. The Kier molecular flexibility index (Phi) is 9.06. The lowest BCUT2D eigenvalue weighted by atomic mass is 9.90. The summed E-state index contributed by atoms with van der Waals surface area (Å²) < 4.78 is 2.30. The van der Waals surface area contributed by atoms with Gasteiger partial charge in [-0.2, -0.15) is 0 Å². The normalized spacial score (nSPS) is 13.0. The van der Waals surface area contributed by atoms with E-state index < -0.39 is 17.8 Å². The molecule has 0 saturated heterocycles. The number of hydroxylamine groups is 2. The maximum atomic E-state index is 13.3. The Hall–Kier alpha value is -1.28. The molecule has 0 radical (unpaired) electrons. The lowest BCUT2D eigenvalue weighted by Crippen LogP contribution is -2.42. The van der Waals surface area contributed by atoms with Gasteiger partial charge in [-0.05, 0) is 116 Å². The minimum Gasteiger partial charge on any atom is -0.324 e. The molecule has 182 valence electrons. The number of rotatable bonds is 9. The fraction of sp³-hybridized carbons (Fsp3) is 0.296. The highest BCUT2D eigenvalue weighted by Crippen LogP contribution is 2.34. The van der Waals surface area contributed by atoms with Crippen molar-refractivity contribution in [1.29, 1.82) is 0 Å². The molecule has 1 heterocycles. The van der Waals surface area contributed by atoms with Crippen molar-refractivity contribution in [2.75, 3.05) is 0 Å². The molecule has 1 aliphatic heterocycles. The zero-order chi connectivity index (χ0) is 25.1. The first kappa shape index (κ1) is 26.8.